The Labute approximate surface area is 134 Å². The number of benzene rings is 1. The van der Waals surface area contributed by atoms with Crippen molar-refractivity contribution in [2.24, 2.45) is 0 Å². The Hall–Kier alpha value is -3.20. The van der Waals surface area contributed by atoms with Crippen LogP contribution in [0.3, 0.4) is 0 Å². The Morgan fingerprint density at radius 2 is 1.96 bits per heavy atom. The average Bonchev–Trinajstić information content (AvgIpc) is 3.02. The lowest BCUT2D eigenvalue weighted by atomic mass is 10.2. The van der Waals surface area contributed by atoms with Gasteiger partial charge in [0.15, 0.2) is 5.88 Å². The van der Waals surface area contributed by atoms with Gasteiger partial charge in [-0.15, -0.1) is 0 Å². The van der Waals surface area contributed by atoms with E-state index < -0.39 is 5.91 Å². The van der Waals surface area contributed by atoms with Crippen LogP contribution in [0.15, 0.2) is 46.4 Å². The number of nitrogens with one attached hydrogen (secondary N) is 1. The van der Waals surface area contributed by atoms with Gasteiger partial charge in [-0.3, -0.25) is 4.79 Å². The summed E-state index contributed by atoms with van der Waals surface area (Å²) in [6.07, 6.45) is 1.41. The molecule has 1 heterocycles. The van der Waals surface area contributed by atoms with Gasteiger partial charge >= 0.3 is 0 Å². The van der Waals surface area contributed by atoms with Crippen molar-refractivity contribution in [3.05, 3.63) is 47.7 Å². The van der Waals surface area contributed by atoms with Gasteiger partial charge in [0.05, 0.1) is 7.11 Å². The molecule has 6 nitrogen and oxygen atoms in total. The average molecular weight is 311 g/mol. The second kappa shape index (κ2) is 7.18. The summed E-state index contributed by atoms with van der Waals surface area (Å²) in [7, 11) is 5.25. The molecule has 0 saturated carbocycles. The Kier molecular flexibility index (Phi) is 5.05. The van der Waals surface area contributed by atoms with Crippen molar-refractivity contribution < 1.29 is 13.9 Å². The van der Waals surface area contributed by atoms with Crippen LogP contribution in [0.5, 0.6) is 5.75 Å². The van der Waals surface area contributed by atoms with Gasteiger partial charge < -0.3 is 19.4 Å². The van der Waals surface area contributed by atoms with Crippen LogP contribution in [-0.4, -0.2) is 27.1 Å². The molecule has 0 unspecified atom stereocenters. The van der Waals surface area contributed by atoms with E-state index in [2.05, 4.69) is 5.32 Å². The lowest BCUT2D eigenvalue weighted by Gasteiger charge is -2.06. The molecule has 2 aromatic rings. The van der Waals surface area contributed by atoms with Crippen LogP contribution in [0, 0.1) is 11.3 Å². The highest BCUT2D eigenvalue weighted by Gasteiger charge is 2.11. The minimum atomic E-state index is -0.500. The molecule has 1 N–H and O–H groups in total. The van der Waals surface area contributed by atoms with Crippen LogP contribution < -0.4 is 15.0 Å². The molecule has 1 aromatic carbocycles. The molecule has 0 bridgehead atoms. The summed E-state index contributed by atoms with van der Waals surface area (Å²) in [6.45, 7) is 0. The summed E-state index contributed by atoms with van der Waals surface area (Å²) in [5.41, 5.74) is 0.533. The highest BCUT2D eigenvalue weighted by atomic mass is 16.5. The second-order valence-electron chi connectivity index (χ2n) is 4.92. The van der Waals surface area contributed by atoms with E-state index in [9.17, 15) is 10.1 Å². The van der Waals surface area contributed by atoms with Gasteiger partial charge in [-0.25, -0.2) is 0 Å². The van der Waals surface area contributed by atoms with Crippen molar-refractivity contribution >= 4 is 23.6 Å². The first kappa shape index (κ1) is 16.2. The van der Waals surface area contributed by atoms with Crippen molar-refractivity contribution in [2.45, 2.75) is 0 Å². The van der Waals surface area contributed by atoms with E-state index in [0.717, 1.165) is 0 Å². The largest absolute Gasteiger partial charge is 0.497 e. The summed E-state index contributed by atoms with van der Waals surface area (Å²) < 4.78 is 10.6. The van der Waals surface area contributed by atoms with Crippen molar-refractivity contribution in [3.63, 3.8) is 0 Å². The topological polar surface area (TPSA) is 78.5 Å². The molecule has 23 heavy (non-hydrogen) atoms. The van der Waals surface area contributed by atoms with E-state index in [1.165, 1.54) is 6.08 Å². The van der Waals surface area contributed by atoms with E-state index in [1.807, 2.05) is 20.2 Å². The molecule has 0 aliphatic heterocycles. The zero-order valence-electron chi connectivity index (χ0n) is 13.2. The number of amides is 1. The number of rotatable bonds is 5. The second-order valence-corrected chi connectivity index (χ2v) is 4.92. The van der Waals surface area contributed by atoms with Crippen molar-refractivity contribution in [2.75, 3.05) is 31.4 Å². The van der Waals surface area contributed by atoms with Crippen molar-refractivity contribution in [1.29, 1.82) is 5.26 Å². The van der Waals surface area contributed by atoms with Gasteiger partial charge in [0.25, 0.3) is 5.91 Å². The fraction of sp³-hybridized carbons (Fsp3) is 0.176. The van der Waals surface area contributed by atoms with E-state index in [-0.39, 0.29) is 5.57 Å². The molecule has 0 aliphatic rings. The number of hydrogen-bond donors (Lipinski definition) is 1. The molecule has 0 radical (unpaired) electrons. The van der Waals surface area contributed by atoms with E-state index in [0.29, 0.717) is 23.1 Å². The molecule has 0 saturated heterocycles. The van der Waals surface area contributed by atoms with Gasteiger partial charge in [-0.1, -0.05) is 0 Å². The molecule has 2 rings (SSSR count). The maximum atomic E-state index is 12.2. The number of furan rings is 1. The predicted octanol–water partition coefficient (Wildman–Crippen LogP) is 2.90. The standard InChI is InChI=1S/C17H17N3O3/c1-20(2)16-9-8-15(23-16)10-12(11-18)17(21)19-13-4-6-14(22-3)7-5-13/h4-10H,1-3H3,(H,19,21)/b12-10-. The first-order chi connectivity index (χ1) is 11.0. The summed E-state index contributed by atoms with van der Waals surface area (Å²) in [4.78, 5) is 14.0. The quantitative estimate of drug-likeness (QED) is 0.678. The first-order valence-electron chi connectivity index (χ1n) is 6.88. The van der Waals surface area contributed by atoms with Gasteiger partial charge in [0, 0.05) is 31.9 Å². The number of methoxy groups -OCH3 is 1. The van der Waals surface area contributed by atoms with Crippen LogP contribution >= 0.6 is 0 Å². The SMILES string of the molecule is COc1ccc(NC(=O)/C(C#N)=C\c2ccc(N(C)C)o2)cc1. The zero-order valence-corrected chi connectivity index (χ0v) is 13.2. The van der Waals surface area contributed by atoms with Crippen LogP contribution in [0.2, 0.25) is 0 Å². The Bertz CT molecular complexity index is 752. The molecular formula is C17H17N3O3. The van der Waals surface area contributed by atoms with Crippen LogP contribution in [0.4, 0.5) is 11.6 Å². The molecule has 6 heteroatoms. The predicted molar refractivity (Wildman–Crippen MR) is 88.2 cm³/mol. The molecule has 0 atom stereocenters. The Balaban J connectivity index is 2.13. The maximum Gasteiger partial charge on any atom is 0.266 e. The van der Waals surface area contributed by atoms with Crippen LogP contribution in [0.25, 0.3) is 6.08 Å². The van der Waals surface area contributed by atoms with Gasteiger partial charge in [0.2, 0.25) is 0 Å². The molecule has 1 amide bonds. The number of carbonyl (C=O) groups excluding carboxylic acids is 1. The lowest BCUT2D eigenvalue weighted by molar-refractivity contribution is -0.112. The van der Waals surface area contributed by atoms with E-state index >= 15 is 0 Å². The molecule has 0 spiro atoms. The summed E-state index contributed by atoms with van der Waals surface area (Å²) in [6, 6.07) is 12.2. The smallest absolute Gasteiger partial charge is 0.266 e. The van der Waals surface area contributed by atoms with Crippen molar-refractivity contribution in [3.8, 4) is 11.8 Å². The maximum absolute atomic E-state index is 12.2. The highest BCUT2D eigenvalue weighted by molar-refractivity contribution is 6.09. The zero-order chi connectivity index (χ0) is 16.8. The fourth-order valence-electron chi connectivity index (χ4n) is 1.82. The molecule has 0 aliphatic carbocycles. The third kappa shape index (κ3) is 4.14. The third-order valence-electron chi connectivity index (χ3n) is 3.05. The summed E-state index contributed by atoms with van der Waals surface area (Å²) in [5.74, 6) is 1.27. The number of nitrogens with zero attached hydrogens (tertiary/aromatic N) is 2. The normalized spacial score (nSPS) is 10.8. The summed E-state index contributed by atoms with van der Waals surface area (Å²) >= 11 is 0. The fourth-order valence-corrected chi connectivity index (χ4v) is 1.82. The monoisotopic (exact) mass is 311 g/mol. The minimum Gasteiger partial charge on any atom is -0.497 e. The van der Waals surface area contributed by atoms with Gasteiger partial charge in [-0.2, -0.15) is 5.26 Å². The minimum absolute atomic E-state index is 0.0412. The third-order valence-corrected chi connectivity index (χ3v) is 3.05. The lowest BCUT2D eigenvalue weighted by Crippen LogP contribution is -2.13. The van der Waals surface area contributed by atoms with E-state index in [4.69, 9.17) is 9.15 Å². The first-order valence-corrected chi connectivity index (χ1v) is 6.88. The molecule has 118 valence electrons. The van der Waals surface area contributed by atoms with Gasteiger partial charge in [0.1, 0.15) is 23.2 Å². The van der Waals surface area contributed by atoms with Crippen LogP contribution in [-0.2, 0) is 4.79 Å². The van der Waals surface area contributed by atoms with Crippen molar-refractivity contribution in [1.82, 2.24) is 0 Å². The van der Waals surface area contributed by atoms with E-state index in [1.54, 1.807) is 48.4 Å². The summed E-state index contributed by atoms with van der Waals surface area (Å²) in [5, 5.41) is 11.8. The number of anilines is 2. The highest BCUT2D eigenvalue weighted by Crippen LogP contribution is 2.19. The number of ether oxygens (including phenoxy) is 1. The number of nitriles is 1. The van der Waals surface area contributed by atoms with Crippen LogP contribution in [0.1, 0.15) is 5.76 Å². The number of hydrogen-bond acceptors (Lipinski definition) is 5. The molecule has 1 aromatic heterocycles. The molecule has 0 fully saturated rings. The Morgan fingerprint density at radius 1 is 1.26 bits per heavy atom. The molecular weight excluding hydrogens is 294 g/mol. The Morgan fingerprint density at radius 3 is 2.48 bits per heavy atom. The number of carbonyl (C=O) groups is 1. The van der Waals surface area contributed by atoms with Gasteiger partial charge in [-0.05, 0) is 30.3 Å².